The molecular formula is C21H32N2. The molecule has 126 valence electrons. The molecule has 2 fully saturated rings. The Morgan fingerprint density at radius 1 is 1.35 bits per heavy atom. The molecule has 23 heavy (non-hydrogen) atoms. The smallest absolute Gasteiger partial charge is 0.0282 e. The fourth-order valence-corrected chi connectivity index (χ4v) is 5.75. The van der Waals surface area contributed by atoms with Crippen LogP contribution >= 0.6 is 0 Å². The zero-order chi connectivity index (χ0) is 16.7. The quantitative estimate of drug-likeness (QED) is 0.666. The molecule has 3 aliphatic carbocycles. The van der Waals surface area contributed by atoms with E-state index < -0.39 is 0 Å². The SMILES string of the molecule is C=CNC1=CCC2C(CCC3(C)C(=N)CCC23)C1(C)/C=C\CC. The Morgan fingerprint density at radius 2 is 2.13 bits per heavy atom. The Balaban J connectivity index is 1.98. The van der Waals surface area contributed by atoms with Gasteiger partial charge in [-0.1, -0.05) is 45.6 Å². The lowest BCUT2D eigenvalue weighted by molar-refractivity contribution is 0.0210. The van der Waals surface area contributed by atoms with E-state index in [4.69, 9.17) is 5.41 Å². The summed E-state index contributed by atoms with van der Waals surface area (Å²) in [5.74, 6) is 2.10. The maximum absolute atomic E-state index is 8.44. The fraction of sp³-hybridized carbons (Fsp3) is 0.667. The summed E-state index contributed by atoms with van der Waals surface area (Å²) in [6, 6.07) is 0. The van der Waals surface area contributed by atoms with Crippen LogP contribution in [-0.2, 0) is 0 Å². The van der Waals surface area contributed by atoms with Gasteiger partial charge >= 0.3 is 0 Å². The molecule has 0 aliphatic heterocycles. The van der Waals surface area contributed by atoms with E-state index in [-0.39, 0.29) is 10.8 Å². The maximum atomic E-state index is 8.44. The predicted molar refractivity (Wildman–Crippen MR) is 98.3 cm³/mol. The summed E-state index contributed by atoms with van der Waals surface area (Å²) in [6.07, 6.45) is 15.9. The van der Waals surface area contributed by atoms with Crippen LogP contribution in [-0.4, -0.2) is 5.71 Å². The van der Waals surface area contributed by atoms with Gasteiger partial charge in [-0.25, -0.2) is 0 Å². The average molecular weight is 313 g/mol. The number of allylic oxidation sites excluding steroid dienone is 3. The molecule has 0 radical (unpaired) electrons. The van der Waals surface area contributed by atoms with Crippen LogP contribution in [0.4, 0.5) is 0 Å². The summed E-state index contributed by atoms with van der Waals surface area (Å²) in [6.45, 7) is 10.9. The molecule has 2 nitrogen and oxygen atoms in total. The van der Waals surface area contributed by atoms with Gasteiger partial charge in [0.15, 0.2) is 0 Å². The van der Waals surface area contributed by atoms with Gasteiger partial charge in [-0.05, 0) is 62.5 Å². The summed E-state index contributed by atoms with van der Waals surface area (Å²) in [5, 5.41) is 11.9. The van der Waals surface area contributed by atoms with Crippen molar-refractivity contribution in [3.63, 3.8) is 0 Å². The van der Waals surface area contributed by atoms with E-state index in [0.29, 0.717) is 11.8 Å². The van der Waals surface area contributed by atoms with Crippen LogP contribution in [0.5, 0.6) is 0 Å². The van der Waals surface area contributed by atoms with Crippen LogP contribution in [0.1, 0.15) is 59.3 Å². The monoisotopic (exact) mass is 312 g/mol. The van der Waals surface area contributed by atoms with Crippen molar-refractivity contribution in [3.8, 4) is 0 Å². The molecule has 0 heterocycles. The second kappa shape index (κ2) is 5.96. The van der Waals surface area contributed by atoms with Gasteiger partial charge in [-0.2, -0.15) is 0 Å². The Kier molecular flexibility index (Phi) is 4.29. The van der Waals surface area contributed by atoms with Crippen molar-refractivity contribution < 1.29 is 0 Å². The second-order valence-corrected chi connectivity index (χ2v) is 8.15. The third-order valence-electron chi connectivity index (χ3n) is 7.12. The maximum Gasteiger partial charge on any atom is 0.0282 e. The summed E-state index contributed by atoms with van der Waals surface area (Å²) in [7, 11) is 0. The van der Waals surface area contributed by atoms with Crippen LogP contribution in [0.2, 0.25) is 0 Å². The highest BCUT2D eigenvalue weighted by atomic mass is 14.9. The predicted octanol–water partition coefficient (Wildman–Crippen LogP) is 5.44. The molecule has 2 heteroatoms. The Bertz CT molecular complexity index is 558. The van der Waals surface area contributed by atoms with E-state index in [1.165, 1.54) is 25.0 Å². The van der Waals surface area contributed by atoms with E-state index >= 15 is 0 Å². The molecule has 2 saturated carbocycles. The van der Waals surface area contributed by atoms with Crippen LogP contribution in [0, 0.1) is 34.0 Å². The summed E-state index contributed by atoms with van der Waals surface area (Å²) < 4.78 is 0. The normalized spacial score (nSPS) is 43.0. The number of hydrogen-bond acceptors (Lipinski definition) is 2. The van der Waals surface area contributed by atoms with Crippen LogP contribution in [0.15, 0.2) is 36.7 Å². The van der Waals surface area contributed by atoms with Gasteiger partial charge in [0.1, 0.15) is 0 Å². The van der Waals surface area contributed by atoms with E-state index in [1.54, 1.807) is 0 Å². The first-order chi connectivity index (χ1) is 11.0. The summed E-state index contributed by atoms with van der Waals surface area (Å²) in [5.41, 5.74) is 2.60. The van der Waals surface area contributed by atoms with Gasteiger partial charge in [0, 0.05) is 22.2 Å². The molecule has 0 aromatic heterocycles. The van der Waals surface area contributed by atoms with Gasteiger partial charge in [-0.15, -0.1) is 0 Å². The number of fused-ring (bicyclic) bond motifs is 3. The van der Waals surface area contributed by atoms with Crippen molar-refractivity contribution in [1.82, 2.24) is 5.32 Å². The van der Waals surface area contributed by atoms with Crippen molar-refractivity contribution in [1.29, 1.82) is 5.41 Å². The number of nitrogens with one attached hydrogen (secondary N) is 2. The Morgan fingerprint density at radius 3 is 2.83 bits per heavy atom. The first-order valence-corrected chi connectivity index (χ1v) is 9.31. The average Bonchev–Trinajstić information content (AvgIpc) is 2.84. The van der Waals surface area contributed by atoms with Gasteiger partial charge in [0.2, 0.25) is 0 Å². The molecule has 3 rings (SSSR count). The molecule has 0 saturated heterocycles. The highest BCUT2D eigenvalue weighted by molar-refractivity contribution is 5.89. The lowest BCUT2D eigenvalue weighted by Crippen LogP contribution is -2.49. The third-order valence-corrected chi connectivity index (χ3v) is 7.12. The van der Waals surface area contributed by atoms with Gasteiger partial charge in [-0.3, -0.25) is 0 Å². The zero-order valence-electron chi connectivity index (χ0n) is 15.0. The lowest BCUT2D eigenvalue weighted by atomic mass is 9.51. The molecule has 5 unspecified atom stereocenters. The van der Waals surface area contributed by atoms with Gasteiger partial charge in [0.05, 0.1) is 0 Å². The first-order valence-electron chi connectivity index (χ1n) is 9.31. The van der Waals surface area contributed by atoms with Crippen molar-refractivity contribution in [2.24, 2.45) is 28.6 Å². The van der Waals surface area contributed by atoms with Crippen molar-refractivity contribution in [2.75, 3.05) is 0 Å². The Labute approximate surface area is 141 Å². The molecule has 0 amide bonds. The molecule has 3 aliphatic rings. The van der Waals surface area contributed by atoms with E-state index in [0.717, 1.165) is 30.9 Å². The molecule has 0 aromatic rings. The van der Waals surface area contributed by atoms with Crippen LogP contribution in [0.25, 0.3) is 0 Å². The molecule has 0 bridgehead atoms. The lowest BCUT2D eigenvalue weighted by Gasteiger charge is -2.54. The third kappa shape index (κ3) is 2.42. The minimum Gasteiger partial charge on any atom is -0.365 e. The minimum atomic E-state index is 0.0826. The number of rotatable bonds is 4. The highest BCUT2D eigenvalue weighted by Crippen LogP contribution is 2.61. The summed E-state index contributed by atoms with van der Waals surface area (Å²) in [4.78, 5) is 0. The Hall–Kier alpha value is -1.31. The standard InChI is InChI=1S/C21H32N2/c1-5-7-13-21(4)17-12-14-20(3)16(9-10-18(20)22)15(17)8-11-19(21)23-6-2/h6-7,11,13,15-17,22-23H,2,5,8-10,12,14H2,1,3-4H3/b13-7-,22-18?. The summed E-state index contributed by atoms with van der Waals surface area (Å²) >= 11 is 0. The van der Waals surface area contributed by atoms with Gasteiger partial charge in [0.25, 0.3) is 0 Å². The zero-order valence-corrected chi connectivity index (χ0v) is 15.0. The van der Waals surface area contributed by atoms with E-state index in [1.807, 2.05) is 6.20 Å². The van der Waals surface area contributed by atoms with Crippen molar-refractivity contribution in [3.05, 3.63) is 36.7 Å². The number of hydrogen-bond donors (Lipinski definition) is 2. The molecule has 0 aromatic carbocycles. The van der Waals surface area contributed by atoms with Crippen LogP contribution in [0.3, 0.4) is 0 Å². The van der Waals surface area contributed by atoms with E-state index in [2.05, 4.69) is 50.9 Å². The minimum absolute atomic E-state index is 0.0826. The second-order valence-electron chi connectivity index (χ2n) is 8.15. The van der Waals surface area contributed by atoms with Gasteiger partial charge < -0.3 is 10.7 Å². The first kappa shape index (κ1) is 16.5. The van der Waals surface area contributed by atoms with Crippen LogP contribution < -0.4 is 5.32 Å². The largest absolute Gasteiger partial charge is 0.365 e. The van der Waals surface area contributed by atoms with Crippen molar-refractivity contribution in [2.45, 2.75) is 59.3 Å². The molecular weight excluding hydrogens is 280 g/mol. The van der Waals surface area contributed by atoms with E-state index in [9.17, 15) is 0 Å². The topological polar surface area (TPSA) is 35.9 Å². The fourth-order valence-electron chi connectivity index (χ4n) is 5.75. The molecule has 0 spiro atoms. The van der Waals surface area contributed by atoms with Crippen molar-refractivity contribution >= 4 is 5.71 Å². The highest BCUT2D eigenvalue weighted by Gasteiger charge is 2.56. The molecule has 2 N–H and O–H groups in total. The molecule has 5 atom stereocenters.